The van der Waals surface area contributed by atoms with E-state index in [1.54, 1.807) is 6.92 Å². The molecular formula is C10H21NO3. The Morgan fingerprint density at radius 3 is 2.86 bits per heavy atom. The number of hydrogen-bond acceptors (Lipinski definition) is 3. The molecule has 1 unspecified atom stereocenters. The van der Waals surface area contributed by atoms with Crippen LogP contribution in [0.15, 0.2) is 0 Å². The Morgan fingerprint density at radius 2 is 2.29 bits per heavy atom. The van der Waals surface area contributed by atoms with Gasteiger partial charge in [-0.3, -0.25) is 4.79 Å². The Hall–Kier alpha value is -0.610. The third kappa shape index (κ3) is 9.48. The normalized spacial score (nSPS) is 12.5. The molecule has 2 N–H and O–H groups in total. The molecule has 0 heterocycles. The average molecular weight is 203 g/mol. The molecule has 1 atom stereocenters. The number of amides is 1. The first-order chi connectivity index (χ1) is 6.66. The number of hydrogen-bond donors (Lipinski definition) is 2. The molecule has 0 radical (unpaired) electrons. The van der Waals surface area contributed by atoms with Gasteiger partial charge in [0, 0.05) is 26.2 Å². The maximum atomic E-state index is 11.1. The summed E-state index contributed by atoms with van der Waals surface area (Å²) in [6, 6.07) is 0. The highest BCUT2D eigenvalue weighted by atomic mass is 16.5. The number of aliphatic hydroxyl groups is 1. The second-order valence-corrected chi connectivity index (χ2v) is 3.29. The first-order valence-electron chi connectivity index (χ1n) is 5.19. The number of aliphatic hydroxyl groups excluding tert-OH is 1. The van der Waals surface area contributed by atoms with Crippen LogP contribution in [0.3, 0.4) is 0 Å². The SMILES string of the molecule is CCOCCCC(=O)NCCC(C)O. The van der Waals surface area contributed by atoms with Gasteiger partial charge in [0.05, 0.1) is 6.10 Å². The van der Waals surface area contributed by atoms with Crippen LogP contribution in [0, 0.1) is 0 Å². The molecule has 0 saturated carbocycles. The predicted octanol–water partition coefficient (Wildman–Crippen LogP) is 0.690. The zero-order valence-electron chi connectivity index (χ0n) is 9.08. The van der Waals surface area contributed by atoms with Crippen molar-refractivity contribution in [3.63, 3.8) is 0 Å². The third-order valence-electron chi connectivity index (χ3n) is 1.78. The maximum absolute atomic E-state index is 11.1. The molecule has 4 heteroatoms. The van der Waals surface area contributed by atoms with Gasteiger partial charge in [0.1, 0.15) is 0 Å². The van der Waals surface area contributed by atoms with Crippen molar-refractivity contribution < 1.29 is 14.6 Å². The summed E-state index contributed by atoms with van der Waals surface area (Å²) in [6.07, 6.45) is 1.52. The summed E-state index contributed by atoms with van der Waals surface area (Å²) in [7, 11) is 0. The van der Waals surface area contributed by atoms with Crippen molar-refractivity contribution in [2.75, 3.05) is 19.8 Å². The quantitative estimate of drug-likeness (QED) is 0.571. The van der Waals surface area contributed by atoms with Crippen molar-refractivity contribution in [2.24, 2.45) is 0 Å². The fourth-order valence-electron chi connectivity index (χ4n) is 0.988. The first-order valence-corrected chi connectivity index (χ1v) is 5.19. The van der Waals surface area contributed by atoms with Gasteiger partial charge in [-0.1, -0.05) is 0 Å². The lowest BCUT2D eigenvalue weighted by molar-refractivity contribution is -0.121. The fourth-order valence-corrected chi connectivity index (χ4v) is 0.988. The van der Waals surface area contributed by atoms with Crippen molar-refractivity contribution in [2.45, 2.75) is 39.2 Å². The van der Waals surface area contributed by atoms with Gasteiger partial charge in [-0.2, -0.15) is 0 Å². The zero-order valence-corrected chi connectivity index (χ0v) is 9.08. The van der Waals surface area contributed by atoms with Crippen molar-refractivity contribution in [3.8, 4) is 0 Å². The summed E-state index contributed by atoms with van der Waals surface area (Å²) in [5, 5.41) is 11.7. The highest BCUT2D eigenvalue weighted by molar-refractivity contribution is 5.75. The van der Waals surface area contributed by atoms with Gasteiger partial charge in [-0.05, 0) is 26.7 Å². The Labute approximate surface area is 85.6 Å². The van der Waals surface area contributed by atoms with Crippen molar-refractivity contribution >= 4 is 5.91 Å². The average Bonchev–Trinajstić information content (AvgIpc) is 2.12. The van der Waals surface area contributed by atoms with Gasteiger partial charge >= 0.3 is 0 Å². The van der Waals surface area contributed by atoms with Gasteiger partial charge < -0.3 is 15.2 Å². The zero-order chi connectivity index (χ0) is 10.8. The lowest BCUT2D eigenvalue weighted by Crippen LogP contribution is -2.26. The summed E-state index contributed by atoms with van der Waals surface area (Å²) in [6.45, 7) is 5.53. The minimum atomic E-state index is -0.348. The molecule has 0 fully saturated rings. The molecule has 0 aliphatic rings. The van der Waals surface area contributed by atoms with Crippen molar-refractivity contribution in [3.05, 3.63) is 0 Å². The van der Waals surface area contributed by atoms with Crippen LogP contribution in [0.1, 0.15) is 33.1 Å². The van der Waals surface area contributed by atoms with Crippen molar-refractivity contribution in [1.29, 1.82) is 0 Å². The highest BCUT2D eigenvalue weighted by Gasteiger charge is 2.01. The van der Waals surface area contributed by atoms with Crippen LogP contribution in [-0.2, 0) is 9.53 Å². The molecule has 0 spiro atoms. The molecule has 14 heavy (non-hydrogen) atoms. The second kappa shape index (κ2) is 8.97. The Kier molecular flexibility index (Phi) is 8.57. The van der Waals surface area contributed by atoms with Crippen LogP contribution in [-0.4, -0.2) is 36.9 Å². The smallest absolute Gasteiger partial charge is 0.220 e. The monoisotopic (exact) mass is 203 g/mol. The number of carbonyl (C=O) groups excluding carboxylic acids is 1. The van der Waals surface area contributed by atoms with Gasteiger partial charge in [-0.25, -0.2) is 0 Å². The van der Waals surface area contributed by atoms with Crippen molar-refractivity contribution in [1.82, 2.24) is 5.32 Å². The van der Waals surface area contributed by atoms with E-state index in [0.29, 0.717) is 32.6 Å². The summed E-state index contributed by atoms with van der Waals surface area (Å²) in [5.41, 5.74) is 0. The Bertz CT molecular complexity index is 148. The van der Waals surface area contributed by atoms with Gasteiger partial charge in [0.15, 0.2) is 0 Å². The molecule has 0 aromatic heterocycles. The first kappa shape index (κ1) is 13.4. The Balaban J connectivity index is 3.20. The predicted molar refractivity (Wildman–Crippen MR) is 55.0 cm³/mol. The molecule has 0 bridgehead atoms. The molecular weight excluding hydrogens is 182 g/mol. The molecule has 0 aliphatic carbocycles. The van der Waals surface area contributed by atoms with Crippen LogP contribution in [0.2, 0.25) is 0 Å². The molecule has 0 rings (SSSR count). The Morgan fingerprint density at radius 1 is 1.57 bits per heavy atom. The van der Waals surface area contributed by atoms with E-state index in [4.69, 9.17) is 9.84 Å². The molecule has 4 nitrogen and oxygen atoms in total. The van der Waals surface area contributed by atoms with E-state index in [1.807, 2.05) is 6.92 Å². The van der Waals surface area contributed by atoms with Gasteiger partial charge in [0.2, 0.25) is 5.91 Å². The summed E-state index contributed by atoms with van der Waals surface area (Å²) in [4.78, 5) is 11.1. The summed E-state index contributed by atoms with van der Waals surface area (Å²) < 4.78 is 5.11. The van der Waals surface area contributed by atoms with E-state index in [1.165, 1.54) is 0 Å². The van der Waals surface area contributed by atoms with Gasteiger partial charge in [-0.15, -0.1) is 0 Å². The van der Waals surface area contributed by atoms with E-state index >= 15 is 0 Å². The lowest BCUT2D eigenvalue weighted by Gasteiger charge is -2.06. The standard InChI is InChI=1S/C10H21NO3/c1-3-14-8-4-5-10(13)11-7-6-9(2)12/h9,12H,3-8H2,1-2H3,(H,11,13). The summed E-state index contributed by atoms with van der Waals surface area (Å²) in [5.74, 6) is 0.0327. The van der Waals surface area contributed by atoms with E-state index in [-0.39, 0.29) is 12.0 Å². The van der Waals surface area contributed by atoms with E-state index in [2.05, 4.69) is 5.32 Å². The molecule has 1 amide bonds. The van der Waals surface area contributed by atoms with Gasteiger partial charge in [0.25, 0.3) is 0 Å². The largest absolute Gasteiger partial charge is 0.393 e. The fraction of sp³-hybridized carbons (Fsp3) is 0.900. The van der Waals surface area contributed by atoms with Crippen LogP contribution >= 0.6 is 0 Å². The molecule has 84 valence electrons. The minimum Gasteiger partial charge on any atom is -0.393 e. The van der Waals surface area contributed by atoms with Crippen LogP contribution in [0.4, 0.5) is 0 Å². The third-order valence-corrected chi connectivity index (χ3v) is 1.78. The highest BCUT2D eigenvalue weighted by Crippen LogP contribution is 1.91. The molecule has 0 aliphatic heterocycles. The summed E-state index contributed by atoms with van der Waals surface area (Å²) >= 11 is 0. The molecule has 0 saturated heterocycles. The minimum absolute atomic E-state index is 0.0327. The maximum Gasteiger partial charge on any atom is 0.220 e. The van der Waals surface area contributed by atoms with E-state index in [9.17, 15) is 4.79 Å². The van der Waals surface area contributed by atoms with Crippen LogP contribution in [0.5, 0.6) is 0 Å². The van der Waals surface area contributed by atoms with E-state index in [0.717, 1.165) is 6.42 Å². The van der Waals surface area contributed by atoms with Crippen LogP contribution in [0.25, 0.3) is 0 Å². The molecule has 0 aromatic carbocycles. The van der Waals surface area contributed by atoms with E-state index < -0.39 is 0 Å². The number of ether oxygens (including phenoxy) is 1. The number of rotatable bonds is 8. The topological polar surface area (TPSA) is 58.6 Å². The number of nitrogens with one attached hydrogen (secondary N) is 1. The second-order valence-electron chi connectivity index (χ2n) is 3.29. The molecule has 0 aromatic rings. The number of carbonyl (C=O) groups is 1. The lowest BCUT2D eigenvalue weighted by atomic mass is 10.2. The van der Waals surface area contributed by atoms with Crippen LogP contribution < -0.4 is 5.32 Å².